The van der Waals surface area contributed by atoms with Crippen molar-refractivity contribution in [3.8, 4) is 6.07 Å². The van der Waals surface area contributed by atoms with Crippen molar-refractivity contribution in [3.05, 3.63) is 42.0 Å². The van der Waals surface area contributed by atoms with E-state index in [2.05, 4.69) is 40.1 Å². The molecule has 3 heteroatoms. The molecule has 2 aliphatic rings. The highest BCUT2D eigenvalue weighted by atomic mass is 15.2. The molecule has 0 unspecified atom stereocenters. The molecule has 0 amide bonds. The van der Waals surface area contributed by atoms with Gasteiger partial charge in [0.25, 0.3) is 0 Å². The third kappa shape index (κ3) is 4.02. The molecule has 2 fully saturated rings. The Labute approximate surface area is 157 Å². The predicted molar refractivity (Wildman–Crippen MR) is 109 cm³/mol. The van der Waals surface area contributed by atoms with E-state index in [0.29, 0.717) is 0 Å². The molecule has 1 heterocycles. The zero-order valence-corrected chi connectivity index (χ0v) is 15.7. The van der Waals surface area contributed by atoms with Crippen LogP contribution in [0.1, 0.15) is 44.1 Å². The van der Waals surface area contributed by atoms with Crippen molar-refractivity contribution < 1.29 is 0 Å². The summed E-state index contributed by atoms with van der Waals surface area (Å²) in [6.45, 7) is 6.05. The number of fused-ring (bicyclic) bond motifs is 1. The minimum atomic E-state index is 0.782. The van der Waals surface area contributed by atoms with Crippen molar-refractivity contribution in [3.63, 3.8) is 0 Å². The van der Waals surface area contributed by atoms with Gasteiger partial charge in [0.1, 0.15) is 0 Å². The molecule has 26 heavy (non-hydrogen) atoms. The zero-order valence-electron chi connectivity index (χ0n) is 15.7. The zero-order chi connectivity index (χ0) is 17.8. The Morgan fingerprint density at radius 1 is 1.00 bits per heavy atom. The van der Waals surface area contributed by atoms with Gasteiger partial charge in [-0.15, -0.1) is 0 Å². The molecule has 0 N–H and O–H groups in total. The molecule has 1 aliphatic carbocycles. The highest BCUT2D eigenvalue weighted by Crippen LogP contribution is 2.35. The van der Waals surface area contributed by atoms with Crippen LogP contribution in [0.2, 0.25) is 0 Å². The fourth-order valence-corrected chi connectivity index (χ4v) is 4.25. The fourth-order valence-electron chi connectivity index (χ4n) is 4.25. The van der Waals surface area contributed by atoms with E-state index in [1.807, 2.05) is 12.1 Å². The van der Waals surface area contributed by atoms with Crippen LogP contribution in [0.15, 0.2) is 36.4 Å². The predicted octanol–water partition coefficient (Wildman–Crippen LogP) is 4.80. The molecule has 0 aromatic heterocycles. The summed E-state index contributed by atoms with van der Waals surface area (Å²) in [5.74, 6) is 0.861. The van der Waals surface area contributed by atoms with Gasteiger partial charge in [0.05, 0.1) is 11.6 Å². The number of nitrogens with zero attached hydrogens (tertiary/aromatic N) is 3. The summed E-state index contributed by atoms with van der Waals surface area (Å²) in [5, 5.41) is 11.8. The SMILES string of the molecule is N#Cc1ccc(N(CCCN2CCCCC2)CC2CC2)c2ccccc12. The van der Waals surface area contributed by atoms with Gasteiger partial charge >= 0.3 is 0 Å². The summed E-state index contributed by atoms with van der Waals surface area (Å²) >= 11 is 0. The summed E-state index contributed by atoms with van der Waals surface area (Å²) < 4.78 is 0. The first kappa shape index (κ1) is 17.4. The molecular weight excluding hydrogens is 318 g/mol. The molecule has 0 radical (unpaired) electrons. The highest BCUT2D eigenvalue weighted by molar-refractivity contribution is 5.97. The van der Waals surface area contributed by atoms with E-state index in [0.717, 1.165) is 30.0 Å². The van der Waals surface area contributed by atoms with Crippen LogP contribution in [0.4, 0.5) is 5.69 Å². The second kappa shape index (κ2) is 8.10. The Morgan fingerprint density at radius 2 is 1.77 bits per heavy atom. The lowest BCUT2D eigenvalue weighted by Crippen LogP contribution is -2.34. The third-order valence-electron chi connectivity index (χ3n) is 5.89. The first-order valence-corrected chi connectivity index (χ1v) is 10.2. The molecule has 136 valence electrons. The van der Waals surface area contributed by atoms with Crippen LogP contribution in [0, 0.1) is 17.2 Å². The topological polar surface area (TPSA) is 30.3 Å². The molecule has 1 saturated carbocycles. The number of likely N-dealkylation sites (tertiary alicyclic amines) is 1. The summed E-state index contributed by atoms with van der Waals surface area (Å²) in [7, 11) is 0. The van der Waals surface area contributed by atoms with E-state index in [4.69, 9.17) is 0 Å². The van der Waals surface area contributed by atoms with Gasteiger partial charge in [-0.05, 0) is 69.8 Å². The first-order valence-electron chi connectivity index (χ1n) is 10.2. The Balaban J connectivity index is 1.52. The van der Waals surface area contributed by atoms with Crippen molar-refractivity contribution in [2.75, 3.05) is 37.6 Å². The highest BCUT2D eigenvalue weighted by Gasteiger charge is 2.25. The van der Waals surface area contributed by atoms with Gasteiger partial charge in [-0.25, -0.2) is 0 Å². The minimum absolute atomic E-state index is 0.782. The van der Waals surface area contributed by atoms with Gasteiger partial charge in [-0.3, -0.25) is 0 Å². The Kier molecular flexibility index (Phi) is 5.41. The number of hydrogen-bond donors (Lipinski definition) is 0. The monoisotopic (exact) mass is 347 g/mol. The first-order chi connectivity index (χ1) is 12.8. The summed E-state index contributed by atoms with van der Waals surface area (Å²) in [5.41, 5.74) is 2.09. The van der Waals surface area contributed by atoms with Crippen LogP contribution < -0.4 is 4.90 Å². The fraction of sp³-hybridized carbons (Fsp3) is 0.522. The molecule has 2 aromatic rings. The van der Waals surface area contributed by atoms with E-state index >= 15 is 0 Å². The Morgan fingerprint density at radius 3 is 2.50 bits per heavy atom. The molecule has 0 atom stereocenters. The standard InChI is InChI=1S/C23H29N3/c24-17-20-11-12-23(22-8-3-2-7-21(20)22)26(18-19-9-10-19)16-6-15-25-13-4-1-5-14-25/h2-3,7-8,11-12,19H,1,4-6,9-10,13-16,18H2. The Bertz CT molecular complexity index is 782. The summed E-state index contributed by atoms with van der Waals surface area (Å²) in [4.78, 5) is 5.22. The Hall–Kier alpha value is -2.05. The summed E-state index contributed by atoms with van der Waals surface area (Å²) in [6.07, 6.45) is 8.11. The molecular formula is C23H29N3. The van der Waals surface area contributed by atoms with Crippen molar-refractivity contribution in [2.45, 2.75) is 38.5 Å². The quantitative estimate of drug-likeness (QED) is 0.720. The van der Waals surface area contributed by atoms with E-state index in [9.17, 15) is 5.26 Å². The van der Waals surface area contributed by atoms with E-state index in [1.165, 1.54) is 69.2 Å². The third-order valence-corrected chi connectivity index (χ3v) is 5.89. The molecule has 0 spiro atoms. The lowest BCUT2D eigenvalue weighted by Gasteiger charge is -2.30. The largest absolute Gasteiger partial charge is 0.371 e. The van der Waals surface area contributed by atoms with Crippen molar-refractivity contribution >= 4 is 16.5 Å². The molecule has 3 nitrogen and oxygen atoms in total. The van der Waals surface area contributed by atoms with Gasteiger partial charge in [0, 0.05) is 29.5 Å². The average Bonchev–Trinajstić information content (AvgIpc) is 3.51. The summed E-state index contributed by atoms with van der Waals surface area (Å²) in [6, 6.07) is 14.9. The van der Waals surface area contributed by atoms with Crippen LogP contribution in [0.5, 0.6) is 0 Å². The number of anilines is 1. The molecule has 1 saturated heterocycles. The molecule has 1 aliphatic heterocycles. The van der Waals surface area contributed by atoms with Crippen molar-refractivity contribution in [2.24, 2.45) is 5.92 Å². The van der Waals surface area contributed by atoms with Gasteiger partial charge in [-0.2, -0.15) is 5.26 Å². The van der Waals surface area contributed by atoms with Gasteiger partial charge in [-0.1, -0.05) is 30.7 Å². The lowest BCUT2D eigenvalue weighted by atomic mass is 10.0. The van der Waals surface area contributed by atoms with Gasteiger partial charge in [0.15, 0.2) is 0 Å². The molecule has 4 rings (SSSR count). The van der Waals surface area contributed by atoms with Gasteiger partial charge < -0.3 is 9.80 Å². The van der Waals surface area contributed by atoms with Crippen LogP contribution in [0.3, 0.4) is 0 Å². The van der Waals surface area contributed by atoms with Crippen molar-refractivity contribution in [1.29, 1.82) is 5.26 Å². The van der Waals surface area contributed by atoms with E-state index in [1.54, 1.807) is 0 Å². The second-order valence-corrected chi connectivity index (χ2v) is 7.93. The van der Waals surface area contributed by atoms with Crippen LogP contribution in [0.25, 0.3) is 10.8 Å². The van der Waals surface area contributed by atoms with E-state index in [-0.39, 0.29) is 0 Å². The second-order valence-electron chi connectivity index (χ2n) is 7.93. The normalized spacial score (nSPS) is 18.0. The van der Waals surface area contributed by atoms with Crippen LogP contribution in [-0.4, -0.2) is 37.6 Å². The number of piperidine rings is 1. The number of nitriles is 1. The van der Waals surface area contributed by atoms with Crippen LogP contribution >= 0.6 is 0 Å². The minimum Gasteiger partial charge on any atom is -0.371 e. The van der Waals surface area contributed by atoms with Crippen LogP contribution in [-0.2, 0) is 0 Å². The maximum Gasteiger partial charge on any atom is 0.0998 e. The van der Waals surface area contributed by atoms with Gasteiger partial charge in [0.2, 0.25) is 0 Å². The molecule has 0 bridgehead atoms. The average molecular weight is 348 g/mol. The lowest BCUT2D eigenvalue weighted by molar-refractivity contribution is 0.227. The maximum absolute atomic E-state index is 9.44. The molecule has 2 aromatic carbocycles. The maximum atomic E-state index is 9.44. The number of benzene rings is 2. The smallest absolute Gasteiger partial charge is 0.0998 e. The number of hydrogen-bond acceptors (Lipinski definition) is 3. The number of rotatable bonds is 7. The van der Waals surface area contributed by atoms with Crippen molar-refractivity contribution in [1.82, 2.24) is 4.90 Å². The van der Waals surface area contributed by atoms with E-state index < -0.39 is 0 Å².